The van der Waals surface area contributed by atoms with Crippen LogP contribution in [0.3, 0.4) is 0 Å². The molecule has 0 unspecified atom stereocenters. The Labute approximate surface area is 95.6 Å². The van der Waals surface area contributed by atoms with Gasteiger partial charge in [0.1, 0.15) is 0 Å². The van der Waals surface area contributed by atoms with E-state index in [9.17, 15) is 0 Å². The van der Waals surface area contributed by atoms with Crippen molar-refractivity contribution in [3.8, 4) is 0 Å². The summed E-state index contributed by atoms with van der Waals surface area (Å²) in [5, 5.41) is 0. The molecule has 1 aliphatic heterocycles. The lowest BCUT2D eigenvalue weighted by atomic mass is 9.72. The number of epoxide rings is 1. The van der Waals surface area contributed by atoms with Crippen molar-refractivity contribution in [1.29, 1.82) is 0 Å². The van der Waals surface area contributed by atoms with Gasteiger partial charge in [0, 0.05) is 0 Å². The maximum atomic E-state index is 5.88. The highest BCUT2D eigenvalue weighted by Gasteiger charge is 2.55. The molecule has 0 spiro atoms. The van der Waals surface area contributed by atoms with Crippen LogP contribution in [0.1, 0.15) is 33.6 Å². The van der Waals surface area contributed by atoms with Crippen LogP contribution < -0.4 is 0 Å². The van der Waals surface area contributed by atoms with Crippen LogP contribution in [0.25, 0.3) is 0 Å². The number of hydrogen-bond acceptors (Lipinski definition) is 1. The maximum Gasteiger partial charge on any atom is 0.0846 e. The van der Waals surface area contributed by atoms with Gasteiger partial charge in [0.15, 0.2) is 0 Å². The summed E-state index contributed by atoms with van der Waals surface area (Å²) in [6.07, 6.45) is 4.00. The van der Waals surface area contributed by atoms with E-state index in [-0.39, 0.29) is 0 Å². The van der Waals surface area contributed by atoms with Crippen LogP contribution in [0, 0.1) is 11.3 Å². The van der Waals surface area contributed by atoms with E-state index in [4.69, 9.17) is 4.74 Å². The summed E-state index contributed by atoms with van der Waals surface area (Å²) < 4.78 is 5.88. The molecule has 1 saturated carbocycles. The fraction of sp³-hybridized carbons (Fsp3) is 1.00. The highest BCUT2D eigenvalue weighted by Crippen LogP contribution is 2.54. The van der Waals surface area contributed by atoms with Gasteiger partial charge >= 0.3 is 0 Å². The number of ether oxygens (including phenoxy) is 1. The lowest BCUT2D eigenvalue weighted by molar-refractivity contribution is 0.189. The van der Waals surface area contributed by atoms with Crippen LogP contribution in [-0.4, -0.2) is 20.3 Å². The summed E-state index contributed by atoms with van der Waals surface area (Å²) in [6, 6.07) is 0. The van der Waals surface area contributed by atoms with Crippen LogP contribution in [0.4, 0.5) is 0 Å². The zero-order chi connectivity index (χ0) is 11.4. The monoisotopic (exact) mass is 226 g/mol. The topological polar surface area (TPSA) is 12.5 Å². The van der Waals surface area contributed by atoms with E-state index in [1.807, 2.05) is 0 Å². The lowest BCUT2D eigenvalue weighted by Crippen LogP contribution is -2.39. The van der Waals surface area contributed by atoms with Crippen LogP contribution in [0.2, 0.25) is 25.2 Å². The zero-order valence-electron chi connectivity index (χ0n) is 11.1. The van der Waals surface area contributed by atoms with Crippen molar-refractivity contribution >= 4 is 8.07 Å². The Morgan fingerprint density at radius 3 is 2.13 bits per heavy atom. The van der Waals surface area contributed by atoms with Crippen molar-refractivity contribution in [2.24, 2.45) is 11.3 Å². The van der Waals surface area contributed by atoms with Crippen molar-refractivity contribution in [3.05, 3.63) is 0 Å². The zero-order valence-corrected chi connectivity index (χ0v) is 12.1. The number of rotatable bonds is 1. The molecule has 2 fully saturated rings. The van der Waals surface area contributed by atoms with Gasteiger partial charge in [-0.15, -0.1) is 0 Å². The molecular weight excluding hydrogens is 200 g/mol. The van der Waals surface area contributed by atoms with Gasteiger partial charge in [0.2, 0.25) is 0 Å². The molecule has 0 radical (unpaired) electrons. The lowest BCUT2D eigenvalue weighted by Gasteiger charge is -2.39. The SMILES string of the molecule is CC(C)(C)[C@@H]1C[C@@H]2O[C@H]2[C@H]([Si](C)(C)C)C1. The van der Waals surface area contributed by atoms with Gasteiger partial charge in [-0.25, -0.2) is 0 Å². The van der Waals surface area contributed by atoms with Gasteiger partial charge in [-0.1, -0.05) is 40.4 Å². The van der Waals surface area contributed by atoms with Gasteiger partial charge in [0.25, 0.3) is 0 Å². The Balaban J connectivity index is 2.10. The third-order valence-corrected chi connectivity index (χ3v) is 7.20. The van der Waals surface area contributed by atoms with Crippen LogP contribution in [-0.2, 0) is 4.74 Å². The minimum atomic E-state index is -1.02. The fourth-order valence-electron chi connectivity index (χ4n) is 3.07. The first-order valence-corrected chi connectivity index (χ1v) is 9.93. The fourth-order valence-corrected chi connectivity index (χ4v) is 5.34. The van der Waals surface area contributed by atoms with Gasteiger partial charge in [-0.05, 0) is 29.7 Å². The summed E-state index contributed by atoms with van der Waals surface area (Å²) in [5.74, 6) is 0.873. The second-order valence-corrected chi connectivity index (χ2v) is 13.1. The first-order chi connectivity index (χ1) is 6.69. The molecule has 4 atom stereocenters. The van der Waals surface area contributed by atoms with Crippen molar-refractivity contribution in [1.82, 2.24) is 0 Å². The molecule has 1 nitrogen and oxygen atoms in total. The minimum absolute atomic E-state index is 0.467. The average Bonchev–Trinajstić information content (AvgIpc) is 2.75. The summed E-state index contributed by atoms with van der Waals surface area (Å²) in [4.78, 5) is 0. The predicted molar refractivity (Wildman–Crippen MR) is 67.9 cm³/mol. The molecule has 0 bridgehead atoms. The summed E-state index contributed by atoms with van der Waals surface area (Å²) >= 11 is 0. The maximum absolute atomic E-state index is 5.88. The van der Waals surface area contributed by atoms with E-state index in [1.165, 1.54) is 12.8 Å². The molecular formula is C13H26OSi. The van der Waals surface area contributed by atoms with E-state index in [2.05, 4.69) is 40.4 Å². The molecule has 88 valence electrons. The molecule has 0 N–H and O–H groups in total. The van der Waals surface area contributed by atoms with Gasteiger partial charge in [0.05, 0.1) is 20.3 Å². The molecule has 1 heterocycles. The molecule has 1 saturated heterocycles. The second-order valence-electron chi connectivity index (χ2n) is 7.65. The molecule has 15 heavy (non-hydrogen) atoms. The van der Waals surface area contributed by atoms with Crippen molar-refractivity contribution in [2.45, 2.75) is 71.0 Å². The number of hydrogen-bond donors (Lipinski definition) is 0. The largest absolute Gasteiger partial charge is 0.370 e. The van der Waals surface area contributed by atoms with Gasteiger partial charge in [-0.2, -0.15) is 0 Å². The molecule has 0 amide bonds. The second kappa shape index (κ2) is 3.33. The van der Waals surface area contributed by atoms with Crippen molar-refractivity contribution < 1.29 is 4.74 Å². The molecule has 0 aromatic carbocycles. The predicted octanol–water partition coefficient (Wildman–Crippen LogP) is 3.92. The molecule has 2 aliphatic rings. The Bertz CT molecular complexity index is 248. The molecule has 1 aliphatic carbocycles. The van der Waals surface area contributed by atoms with E-state index in [0.717, 1.165) is 11.5 Å². The van der Waals surface area contributed by atoms with Gasteiger partial charge in [-0.3, -0.25) is 0 Å². The molecule has 2 rings (SSSR count). The van der Waals surface area contributed by atoms with E-state index in [0.29, 0.717) is 17.6 Å². The Kier molecular flexibility index (Phi) is 2.59. The van der Waals surface area contributed by atoms with E-state index in [1.54, 1.807) is 0 Å². The summed E-state index contributed by atoms with van der Waals surface area (Å²) in [7, 11) is -1.02. The van der Waals surface area contributed by atoms with Crippen LogP contribution in [0.5, 0.6) is 0 Å². The Morgan fingerprint density at radius 1 is 1.07 bits per heavy atom. The first kappa shape index (κ1) is 11.7. The van der Waals surface area contributed by atoms with Crippen molar-refractivity contribution in [2.75, 3.05) is 0 Å². The van der Waals surface area contributed by atoms with Gasteiger partial charge < -0.3 is 4.74 Å². The normalized spacial score (nSPS) is 41.2. The molecule has 2 heteroatoms. The van der Waals surface area contributed by atoms with E-state index < -0.39 is 8.07 Å². The third-order valence-electron chi connectivity index (χ3n) is 4.41. The summed E-state index contributed by atoms with van der Waals surface area (Å²) in [6.45, 7) is 14.7. The smallest absolute Gasteiger partial charge is 0.0846 e. The standard InChI is InChI=1S/C13H26OSi/c1-13(2,3)9-7-10-12(14-10)11(8-9)15(4,5)6/h9-12H,7-8H2,1-6H3/t9-,10+,11-,12-/m1/s1. The third kappa shape index (κ3) is 2.31. The highest BCUT2D eigenvalue weighted by molar-refractivity contribution is 6.77. The van der Waals surface area contributed by atoms with Crippen LogP contribution >= 0.6 is 0 Å². The average molecular weight is 226 g/mol. The number of fused-ring (bicyclic) bond motifs is 1. The quantitative estimate of drug-likeness (QED) is 0.488. The Morgan fingerprint density at radius 2 is 1.67 bits per heavy atom. The van der Waals surface area contributed by atoms with Crippen molar-refractivity contribution in [3.63, 3.8) is 0 Å². The highest BCUT2D eigenvalue weighted by atomic mass is 28.3. The van der Waals surface area contributed by atoms with E-state index >= 15 is 0 Å². The van der Waals surface area contributed by atoms with Crippen LogP contribution in [0.15, 0.2) is 0 Å². The minimum Gasteiger partial charge on any atom is -0.370 e. The molecule has 0 aromatic heterocycles. The summed E-state index contributed by atoms with van der Waals surface area (Å²) in [5.41, 5.74) is 1.37. The Hall–Kier alpha value is 0.177. The molecule has 0 aromatic rings. The first-order valence-electron chi connectivity index (χ1n) is 6.35.